The number of carbonyl (C=O) groups is 1. The van der Waals surface area contributed by atoms with Crippen molar-refractivity contribution in [3.63, 3.8) is 0 Å². The van der Waals surface area contributed by atoms with E-state index < -0.39 is 16.0 Å². The van der Waals surface area contributed by atoms with Gasteiger partial charge in [-0.15, -0.1) is 0 Å². The first-order valence-electron chi connectivity index (χ1n) is 5.35. The van der Waals surface area contributed by atoms with Gasteiger partial charge in [-0.2, -0.15) is 0 Å². The van der Waals surface area contributed by atoms with Crippen LogP contribution in [0.4, 0.5) is 5.69 Å². The summed E-state index contributed by atoms with van der Waals surface area (Å²) in [4.78, 5) is 10.6. The molecule has 1 rings (SSSR count). The molecule has 0 saturated heterocycles. The molecule has 1 aromatic rings. The minimum absolute atomic E-state index is 0.113. The fraction of sp³-hybridized carbons (Fsp3) is 0.364. The molecule has 0 radical (unpaired) electrons. The predicted molar refractivity (Wildman–Crippen MR) is 70.5 cm³/mol. The molecule has 1 aromatic carbocycles. The Morgan fingerprint density at radius 3 is 2.50 bits per heavy atom. The summed E-state index contributed by atoms with van der Waals surface area (Å²) in [5, 5.41) is 8.94. The second-order valence-corrected chi connectivity index (χ2v) is 6.16. The zero-order valence-corrected chi connectivity index (χ0v) is 11.4. The highest BCUT2D eigenvalue weighted by Gasteiger charge is 2.22. The van der Waals surface area contributed by atoms with Gasteiger partial charge in [0.25, 0.3) is 0 Å². The minimum atomic E-state index is -3.55. The molecule has 0 aliphatic rings. The number of benzene rings is 1. The lowest BCUT2D eigenvalue weighted by atomic mass is 10.3. The van der Waals surface area contributed by atoms with E-state index in [0.29, 0.717) is 5.69 Å². The van der Waals surface area contributed by atoms with Crippen molar-refractivity contribution in [2.75, 3.05) is 16.6 Å². The average molecular weight is 292 g/mol. The summed E-state index contributed by atoms with van der Waals surface area (Å²) < 4.78 is 24.9. The lowest BCUT2D eigenvalue weighted by Crippen LogP contribution is -2.34. The third-order valence-corrected chi connectivity index (χ3v) is 4.45. The number of nitrogens with zero attached hydrogens (tertiary/aromatic N) is 1. The van der Waals surface area contributed by atoms with Gasteiger partial charge in [-0.1, -0.05) is 23.7 Å². The molecule has 100 valence electrons. The lowest BCUT2D eigenvalue weighted by molar-refractivity contribution is -0.136. The maximum atomic E-state index is 11.9. The number of carboxylic acids is 1. The third-order valence-electron chi connectivity index (χ3n) is 2.35. The van der Waals surface area contributed by atoms with Crippen molar-refractivity contribution in [1.29, 1.82) is 0 Å². The molecule has 18 heavy (non-hydrogen) atoms. The van der Waals surface area contributed by atoms with Crippen molar-refractivity contribution in [1.82, 2.24) is 0 Å². The highest BCUT2D eigenvalue weighted by molar-refractivity contribution is 7.92. The van der Waals surface area contributed by atoms with E-state index in [4.69, 9.17) is 16.7 Å². The Labute approximate surface area is 111 Å². The molecule has 0 atom stereocenters. The van der Waals surface area contributed by atoms with Crippen LogP contribution in [0.2, 0.25) is 5.02 Å². The molecule has 5 nitrogen and oxygen atoms in total. The molecule has 0 aliphatic carbocycles. The predicted octanol–water partition coefficient (Wildman–Crippen LogP) is 1.97. The standard InChI is InChI=1S/C11H14ClNO4S/c1-2-18(16,17)13(8-7-11(14)15)10-6-4-3-5-9(10)12/h3-6H,2,7-8H2,1H3,(H,14,15). The number of carboxylic acid groups (broad SMARTS) is 1. The van der Waals surface area contributed by atoms with Gasteiger partial charge in [-0.25, -0.2) is 8.42 Å². The summed E-state index contributed by atoms with van der Waals surface area (Å²) in [6.07, 6.45) is -0.273. The Balaban J connectivity index is 3.13. The van der Waals surface area contributed by atoms with Crippen molar-refractivity contribution in [2.24, 2.45) is 0 Å². The minimum Gasteiger partial charge on any atom is -0.481 e. The molecule has 0 aromatic heterocycles. The number of para-hydroxylation sites is 1. The van der Waals surface area contributed by atoms with E-state index in [0.717, 1.165) is 4.31 Å². The number of hydrogen-bond donors (Lipinski definition) is 1. The van der Waals surface area contributed by atoms with E-state index >= 15 is 0 Å². The Bertz CT molecular complexity index is 530. The highest BCUT2D eigenvalue weighted by Crippen LogP contribution is 2.27. The Kier molecular flexibility index (Phi) is 4.98. The molecule has 0 aliphatic heterocycles. The number of rotatable bonds is 6. The molecule has 0 fully saturated rings. The van der Waals surface area contributed by atoms with Crippen LogP contribution in [0.25, 0.3) is 0 Å². The van der Waals surface area contributed by atoms with Gasteiger partial charge in [-0.05, 0) is 19.1 Å². The lowest BCUT2D eigenvalue weighted by Gasteiger charge is -2.24. The Hall–Kier alpha value is -1.27. The van der Waals surface area contributed by atoms with Gasteiger partial charge in [-0.3, -0.25) is 9.10 Å². The summed E-state index contributed by atoms with van der Waals surface area (Å²) in [5.41, 5.74) is 0.308. The second kappa shape index (κ2) is 6.06. The highest BCUT2D eigenvalue weighted by atomic mass is 35.5. The molecule has 7 heteroatoms. The fourth-order valence-electron chi connectivity index (χ4n) is 1.42. The molecule has 1 N–H and O–H groups in total. The first-order valence-corrected chi connectivity index (χ1v) is 7.34. The normalized spacial score (nSPS) is 11.2. The van der Waals surface area contributed by atoms with E-state index in [2.05, 4.69) is 0 Å². The Morgan fingerprint density at radius 2 is 2.00 bits per heavy atom. The SMILES string of the molecule is CCS(=O)(=O)N(CCC(=O)O)c1ccccc1Cl. The molecule has 0 unspecified atom stereocenters. The largest absolute Gasteiger partial charge is 0.481 e. The summed E-state index contributed by atoms with van der Waals surface area (Å²) >= 11 is 5.94. The van der Waals surface area contributed by atoms with E-state index in [1.165, 1.54) is 6.92 Å². The Morgan fingerprint density at radius 1 is 1.39 bits per heavy atom. The monoisotopic (exact) mass is 291 g/mol. The van der Waals surface area contributed by atoms with Gasteiger partial charge >= 0.3 is 5.97 Å². The van der Waals surface area contributed by atoms with Gasteiger partial charge in [0.2, 0.25) is 10.0 Å². The van der Waals surface area contributed by atoms with Crippen LogP contribution in [0.5, 0.6) is 0 Å². The molecule has 0 amide bonds. The molecule has 0 bridgehead atoms. The topological polar surface area (TPSA) is 74.7 Å². The van der Waals surface area contributed by atoms with Gasteiger partial charge < -0.3 is 5.11 Å². The van der Waals surface area contributed by atoms with Gasteiger partial charge in [0.1, 0.15) is 0 Å². The van der Waals surface area contributed by atoms with Crippen LogP contribution in [-0.4, -0.2) is 31.8 Å². The van der Waals surface area contributed by atoms with Crippen LogP contribution >= 0.6 is 11.6 Å². The van der Waals surface area contributed by atoms with Crippen LogP contribution in [0.15, 0.2) is 24.3 Å². The van der Waals surface area contributed by atoms with Crippen LogP contribution < -0.4 is 4.31 Å². The summed E-state index contributed by atoms with van der Waals surface area (Å²) in [6, 6.07) is 6.45. The van der Waals surface area contributed by atoms with Gasteiger partial charge in [0.05, 0.1) is 22.9 Å². The van der Waals surface area contributed by atoms with Crippen molar-refractivity contribution in [2.45, 2.75) is 13.3 Å². The first kappa shape index (κ1) is 14.8. The third kappa shape index (κ3) is 3.61. The van der Waals surface area contributed by atoms with Crippen LogP contribution in [0.3, 0.4) is 0 Å². The molecular formula is C11H14ClNO4S. The van der Waals surface area contributed by atoms with Crippen LogP contribution in [0, 0.1) is 0 Å². The van der Waals surface area contributed by atoms with Gasteiger partial charge in [0.15, 0.2) is 0 Å². The zero-order valence-electron chi connectivity index (χ0n) is 9.84. The van der Waals surface area contributed by atoms with Crippen LogP contribution in [-0.2, 0) is 14.8 Å². The van der Waals surface area contributed by atoms with Crippen LogP contribution in [0.1, 0.15) is 13.3 Å². The van der Waals surface area contributed by atoms with E-state index in [-0.39, 0.29) is 23.7 Å². The molecule has 0 spiro atoms. The summed E-state index contributed by atoms with van der Waals surface area (Å²) in [7, 11) is -3.55. The van der Waals surface area contributed by atoms with E-state index in [1.807, 2.05) is 0 Å². The van der Waals surface area contributed by atoms with Crippen molar-refractivity contribution >= 4 is 33.3 Å². The van der Waals surface area contributed by atoms with Crippen molar-refractivity contribution in [3.05, 3.63) is 29.3 Å². The quantitative estimate of drug-likeness (QED) is 0.869. The average Bonchev–Trinajstić information content (AvgIpc) is 2.31. The number of sulfonamides is 1. The number of hydrogen-bond acceptors (Lipinski definition) is 3. The second-order valence-electron chi connectivity index (χ2n) is 3.57. The zero-order chi connectivity index (χ0) is 13.8. The van der Waals surface area contributed by atoms with Crippen molar-refractivity contribution in [3.8, 4) is 0 Å². The maximum Gasteiger partial charge on any atom is 0.305 e. The summed E-state index contributed by atoms with van der Waals surface area (Å²) in [5.74, 6) is -1.17. The number of anilines is 1. The first-order chi connectivity index (χ1) is 8.38. The number of halogens is 1. The van der Waals surface area contributed by atoms with E-state index in [9.17, 15) is 13.2 Å². The van der Waals surface area contributed by atoms with Crippen molar-refractivity contribution < 1.29 is 18.3 Å². The molecular weight excluding hydrogens is 278 g/mol. The van der Waals surface area contributed by atoms with E-state index in [1.54, 1.807) is 24.3 Å². The summed E-state index contributed by atoms with van der Waals surface area (Å²) in [6.45, 7) is 1.37. The molecule has 0 heterocycles. The molecule has 0 saturated carbocycles. The fourth-order valence-corrected chi connectivity index (χ4v) is 2.84. The smallest absolute Gasteiger partial charge is 0.305 e. The van der Waals surface area contributed by atoms with Gasteiger partial charge in [0, 0.05) is 6.54 Å². The number of aliphatic carboxylic acids is 1. The maximum absolute atomic E-state index is 11.9.